The standard InChI is InChI=1S/C16H22N2O3/c1-10-4-6-12(7-5-10)11(2)17-15(21)18-16(3,14(19)20)13-8-9-13/h4-7,11,13H,8-9H2,1-3H3,(H,19,20)(H2,17,18,21). The number of urea groups is 1. The molecular weight excluding hydrogens is 268 g/mol. The van der Waals surface area contributed by atoms with E-state index in [2.05, 4.69) is 10.6 Å². The molecule has 1 saturated carbocycles. The van der Waals surface area contributed by atoms with Crippen LogP contribution in [0.3, 0.4) is 0 Å². The van der Waals surface area contributed by atoms with Crippen molar-refractivity contribution >= 4 is 12.0 Å². The Balaban J connectivity index is 1.97. The summed E-state index contributed by atoms with van der Waals surface area (Å²) in [5.74, 6) is -0.960. The number of nitrogens with one attached hydrogen (secondary N) is 2. The van der Waals surface area contributed by atoms with Gasteiger partial charge in [-0.25, -0.2) is 9.59 Å². The first-order chi connectivity index (χ1) is 9.83. The third-order valence-electron chi connectivity index (χ3n) is 4.14. The van der Waals surface area contributed by atoms with Crippen molar-refractivity contribution < 1.29 is 14.7 Å². The first-order valence-electron chi connectivity index (χ1n) is 7.21. The third kappa shape index (κ3) is 3.54. The molecule has 114 valence electrons. The number of carbonyl (C=O) groups is 2. The molecule has 0 aromatic heterocycles. The highest BCUT2D eigenvalue weighted by atomic mass is 16.4. The van der Waals surface area contributed by atoms with Crippen LogP contribution in [0.5, 0.6) is 0 Å². The van der Waals surface area contributed by atoms with Gasteiger partial charge in [-0.05, 0) is 45.1 Å². The number of rotatable bonds is 5. The minimum Gasteiger partial charge on any atom is -0.480 e. The molecule has 0 bridgehead atoms. The van der Waals surface area contributed by atoms with Gasteiger partial charge in [-0.15, -0.1) is 0 Å². The molecule has 5 heteroatoms. The molecule has 21 heavy (non-hydrogen) atoms. The summed E-state index contributed by atoms with van der Waals surface area (Å²) in [5, 5.41) is 14.7. The molecule has 3 N–H and O–H groups in total. The van der Waals surface area contributed by atoms with Crippen molar-refractivity contribution in [1.29, 1.82) is 0 Å². The van der Waals surface area contributed by atoms with E-state index < -0.39 is 17.5 Å². The van der Waals surface area contributed by atoms with E-state index in [1.807, 2.05) is 38.1 Å². The van der Waals surface area contributed by atoms with E-state index in [1.165, 1.54) is 0 Å². The largest absolute Gasteiger partial charge is 0.480 e. The third-order valence-corrected chi connectivity index (χ3v) is 4.14. The van der Waals surface area contributed by atoms with Gasteiger partial charge >= 0.3 is 12.0 Å². The summed E-state index contributed by atoms with van der Waals surface area (Å²) in [7, 11) is 0. The topological polar surface area (TPSA) is 78.4 Å². The number of carboxylic acids is 1. The first kappa shape index (κ1) is 15.4. The summed E-state index contributed by atoms with van der Waals surface area (Å²) >= 11 is 0. The lowest BCUT2D eigenvalue weighted by Gasteiger charge is -2.27. The number of hydrogen-bond donors (Lipinski definition) is 3. The molecule has 1 aliphatic carbocycles. The summed E-state index contributed by atoms with van der Waals surface area (Å²) < 4.78 is 0. The van der Waals surface area contributed by atoms with Crippen LogP contribution in [0.2, 0.25) is 0 Å². The first-order valence-corrected chi connectivity index (χ1v) is 7.21. The smallest absolute Gasteiger partial charge is 0.329 e. The molecular formula is C16H22N2O3. The Kier molecular flexibility index (Phi) is 4.21. The molecule has 2 rings (SSSR count). The number of benzene rings is 1. The molecule has 2 amide bonds. The van der Waals surface area contributed by atoms with Crippen LogP contribution in [-0.2, 0) is 4.79 Å². The minimum absolute atomic E-state index is 0.0235. The quantitative estimate of drug-likeness (QED) is 0.780. The lowest BCUT2D eigenvalue weighted by molar-refractivity contribution is -0.144. The van der Waals surface area contributed by atoms with Crippen LogP contribution in [0.4, 0.5) is 4.79 Å². The van der Waals surface area contributed by atoms with Crippen LogP contribution >= 0.6 is 0 Å². The van der Waals surface area contributed by atoms with Crippen LogP contribution in [0.15, 0.2) is 24.3 Å². The number of aliphatic carboxylic acids is 1. The van der Waals surface area contributed by atoms with E-state index in [4.69, 9.17) is 0 Å². The fraction of sp³-hybridized carbons (Fsp3) is 0.500. The Bertz CT molecular complexity index is 537. The zero-order valence-corrected chi connectivity index (χ0v) is 12.6. The van der Waals surface area contributed by atoms with Crippen LogP contribution in [-0.4, -0.2) is 22.6 Å². The van der Waals surface area contributed by atoms with Crippen molar-refractivity contribution in [3.05, 3.63) is 35.4 Å². The predicted octanol–water partition coefficient (Wildman–Crippen LogP) is 2.61. The second-order valence-corrected chi connectivity index (χ2v) is 6.01. The van der Waals surface area contributed by atoms with Crippen molar-refractivity contribution in [2.45, 2.75) is 45.2 Å². The lowest BCUT2D eigenvalue weighted by atomic mass is 9.96. The highest BCUT2D eigenvalue weighted by Gasteiger charge is 2.48. The molecule has 0 aliphatic heterocycles. The SMILES string of the molecule is Cc1ccc(C(C)NC(=O)NC(C)(C(=O)O)C2CC2)cc1. The maximum Gasteiger partial charge on any atom is 0.329 e. The Morgan fingerprint density at radius 3 is 2.33 bits per heavy atom. The summed E-state index contributed by atoms with van der Waals surface area (Å²) in [4.78, 5) is 23.4. The van der Waals surface area contributed by atoms with Gasteiger partial charge in [0.05, 0.1) is 6.04 Å². The maximum absolute atomic E-state index is 12.1. The van der Waals surface area contributed by atoms with Crippen LogP contribution < -0.4 is 10.6 Å². The monoisotopic (exact) mass is 290 g/mol. The molecule has 2 unspecified atom stereocenters. The fourth-order valence-corrected chi connectivity index (χ4v) is 2.40. The Morgan fingerprint density at radius 1 is 1.29 bits per heavy atom. The summed E-state index contributed by atoms with van der Waals surface area (Å²) in [6.07, 6.45) is 1.69. The van der Waals surface area contributed by atoms with Crippen molar-refractivity contribution in [3.8, 4) is 0 Å². The van der Waals surface area contributed by atoms with E-state index in [0.717, 1.165) is 24.0 Å². The zero-order valence-electron chi connectivity index (χ0n) is 12.6. The lowest BCUT2D eigenvalue weighted by Crippen LogP contribution is -2.56. The van der Waals surface area contributed by atoms with Gasteiger partial charge in [-0.1, -0.05) is 29.8 Å². The molecule has 1 aromatic rings. The van der Waals surface area contributed by atoms with E-state index in [9.17, 15) is 14.7 Å². The molecule has 1 aliphatic rings. The summed E-state index contributed by atoms with van der Waals surface area (Å²) in [6, 6.07) is 7.26. The average molecular weight is 290 g/mol. The van der Waals surface area contributed by atoms with Crippen LogP contribution in [0.1, 0.15) is 43.9 Å². The van der Waals surface area contributed by atoms with Gasteiger partial charge in [0.1, 0.15) is 5.54 Å². The second kappa shape index (κ2) is 5.76. The maximum atomic E-state index is 12.1. The van der Waals surface area contributed by atoms with Gasteiger partial charge in [0.15, 0.2) is 0 Å². The highest BCUT2D eigenvalue weighted by molar-refractivity contribution is 5.86. The van der Waals surface area contributed by atoms with E-state index >= 15 is 0 Å². The van der Waals surface area contributed by atoms with Gasteiger partial charge in [0.2, 0.25) is 0 Å². The van der Waals surface area contributed by atoms with Crippen molar-refractivity contribution in [1.82, 2.24) is 10.6 Å². The van der Waals surface area contributed by atoms with Crippen molar-refractivity contribution in [2.75, 3.05) is 0 Å². The van der Waals surface area contributed by atoms with Gasteiger partial charge < -0.3 is 15.7 Å². The average Bonchev–Trinajstić information content (AvgIpc) is 3.23. The Labute approximate surface area is 124 Å². The number of hydrogen-bond acceptors (Lipinski definition) is 2. The van der Waals surface area contributed by atoms with E-state index in [1.54, 1.807) is 6.92 Å². The molecule has 1 aromatic carbocycles. The molecule has 0 saturated heterocycles. The summed E-state index contributed by atoms with van der Waals surface area (Å²) in [5.41, 5.74) is 0.957. The Hall–Kier alpha value is -2.04. The van der Waals surface area contributed by atoms with Gasteiger partial charge in [-0.3, -0.25) is 0 Å². The van der Waals surface area contributed by atoms with E-state index in [0.29, 0.717) is 0 Å². The zero-order chi connectivity index (χ0) is 15.6. The van der Waals surface area contributed by atoms with Crippen molar-refractivity contribution in [2.24, 2.45) is 5.92 Å². The molecule has 0 spiro atoms. The number of carboxylic acid groups (broad SMARTS) is 1. The highest BCUT2D eigenvalue weighted by Crippen LogP contribution is 2.39. The molecule has 1 fully saturated rings. The molecule has 0 heterocycles. The summed E-state index contributed by atoms with van der Waals surface area (Å²) in [6.45, 7) is 5.45. The normalized spacial score (nSPS) is 18.4. The van der Waals surface area contributed by atoms with Gasteiger partial charge in [0, 0.05) is 0 Å². The molecule has 0 radical (unpaired) electrons. The molecule has 5 nitrogen and oxygen atoms in total. The van der Waals surface area contributed by atoms with Crippen molar-refractivity contribution in [3.63, 3.8) is 0 Å². The fourth-order valence-electron chi connectivity index (χ4n) is 2.40. The number of carbonyl (C=O) groups excluding carboxylic acids is 1. The van der Waals surface area contributed by atoms with E-state index in [-0.39, 0.29) is 12.0 Å². The second-order valence-electron chi connectivity index (χ2n) is 6.01. The predicted molar refractivity (Wildman–Crippen MR) is 80.0 cm³/mol. The van der Waals surface area contributed by atoms with Gasteiger partial charge in [-0.2, -0.15) is 0 Å². The van der Waals surface area contributed by atoms with Crippen LogP contribution in [0, 0.1) is 12.8 Å². The minimum atomic E-state index is -1.18. The van der Waals surface area contributed by atoms with Crippen LogP contribution in [0.25, 0.3) is 0 Å². The van der Waals surface area contributed by atoms with Gasteiger partial charge in [0.25, 0.3) is 0 Å². The Morgan fingerprint density at radius 2 is 1.86 bits per heavy atom. The number of amides is 2. The molecule has 2 atom stereocenters. The number of aryl methyl sites for hydroxylation is 1.